The van der Waals surface area contributed by atoms with E-state index in [2.05, 4.69) is 57.9 Å². The molecular formula is C36H52N6O4S. The maximum atomic E-state index is 13.5. The van der Waals surface area contributed by atoms with Gasteiger partial charge in [0.15, 0.2) is 17.9 Å². The molecule has 256 valence electrons. The Balaban J connectivity index is 0.00000433. The van der Waals surface area contributed by atoms with Crippen LogP contribution in [0.3, 0.4) is 0 Å². The molecule has 2 N–H and O–H groups in total. The Hall–Kier alpha value is -3.12. The maximum Gasteiger partial charge on any atom is 0.181 e. The lowest BCUT2D eigenvalue weighted by Crippen LogP contribution is -2.53. The Morgan fingerprint density at radius 2 is 1.89 bits per heavy atom. The average Bonchev–Trinajstić information content (AvgIpc) is 3.44. The molecule has 1 saturated heterocycles. The van der Waals surface area contributed by atoms with Crippen molar-refractivity contribution < 1.29 is 19.1 Å². The minimum Gasteiger partial charge on any atom is -0.486 e. The Morgan fingerprint density at radius 3 is 2.57 bits per heavy atom. The van der Waals surface area contributed by atoms with Gasteiger partial charge in [0.05, 0.1) is 11.8 Å². The fourth-order valence-corrected chi connectivity index (χ4v) is 6.56. The summed E-state index contributed by atoms with van der Waals surface area (Å²) >= 11 is 0. The van der Waals surface area contributed by atoms with Gasteiger partial charge in [-0.05, 0) is 95.2 Å². The molecule has 10 nitrogen and oxygen atoms in total. The van der Waals surface area contributed by atoms with E-state index in [1.165, 1.54) is 23.9 Å². The molecule has 0 radical (unpaired) electrons. The number of aliphatic hydroxyl groups is 1. The number of benzene rings is 1. The number of aromatic nitrogens is 2. The highest BCUT2D eigenvalue weighted by molar-refractivity contribution is 7.59. The SMILES string of the molecule is Cc1ncoc1COc1ccc2c(c1)CCN(C[C@@H](O)CCC(=O)c1cc(NC3CCC3)nc(N3CCN(C(C)(C)C)CC3)c1)C2.S. The van der Waals surface area contributed by atoms with Crippen molar-refractivity contribution in [3.63, 3.8) is 0 Å². The number of ketones is 1. The highest BCUT2D eigenvalue weighted by atomic mass is 32.1. The van der Waals surface area contributed by atoms with Crippen LogP contribution in [0.1, 0.15) is 85.8 Å². The minimum absolute atomic E-state index is 0. The van der Waals surface area contributed by atoms with E-state index in [0.29, 0.717) is 37.6 Å². The number of aliphatic hydroxyl groups excluding tert-OH is 1. The van der Waals surface area contributed by atoms with Gasteiger partial charge in [0.25, 0.3) is 0 Å². The van der Waals surface area contributed by atoms with Gasteiger partial charge >= 0.3 is 0 Å². The summed E-state index contributed by atoms with van der Waals surface area (Å²) in [6.45, 7) is 14.9. The van der Waals surface area contributed by atoms with Crippen molar-refractivity contribution in [1.82, 2.24) is 19.8 Å². The molecule has 1 aliphatic carbocycles. The Kier molecular flexibility index (Phi) is 11.5. The van der Waals surface area contributed by atoms with Crippen LogP contribution < -0.4 is 15.0 Å². The number of hydrogen-bond donors (Lipinski definition) is 2. The van der Waals surface area contributed by atoms with Crippen molar-refractivity contribution in [3.05, 3.63) is 64.9 Å². The van der Waals surface area contributed by atoms with Crippen molar-refractivity contribution in [2.75, 3.05) is 49.5 Å². The van der Waals surface area contributed by atoms with Crippen LogP contribution in [0.4, 0.5) is 11.6 Å². The molecule has 0 unspecified atom stereocenters. The number of carbonyl (C=O) groups excluding carboxylic acids is 1. The molecule has 0 bridgehead atoms. The Labute approximate surface area is 286 Å². The van der Waals surface area contributed by atoms with Crippen LogP contribution >= 0.6 is 13.5 Å². The Bertz CT molecular complexity index is 1490. The molecule has 2 fully saturated rings. The van der Waals surface area contributed by atoms with Gasteiger partial charge in [-0.3, -0.25) is 14.6 Å². The second-order valence-corrected chi connectivity index (χ2v) is 14.2. The molecule has 47 heavy (non-hydrogen) atoms. The highest BCUT2D eigenvalue weighted by Gasteiger charge is 2.28. The molecule has 3 aromatic rings. The molecule has 2 aliphatic heterocycles. The highest BCUT2D eigenvalue weighted by Crippen LogP contribution is 2.28. The lowest BCUT2D eigenvalue weighted by Gasteiger charge is -2.42. The summed E-state index contributed by atoms with van der Waals surface area (Å²) in [7, 11) is 0. The number of hydrogen-bond acceptors (Lipinski definition) is 10. The number of pyridine rings is 1. The fourth-order valence-electron chi connectivity index (χ4n) is 6.56. The first kappa shape index (κ1) is 35.2. The lowest BCUT2D eigenvalue weighted by molar-refractivity contribution is 0.0836. The van der Waals surface area contributed by atoms with Gasteiger partial charge in [0.1, 0.15) is 24.0 Å². The normalized spacial score (nSPS) is 18.2. The van der Waals surface area contributed by atoms with Crippen molar-refractivity contribution in [2.24, 2.45) is 0 Å². The van der Waals surface area contributed by atoms with Crippen molar-refractivity contribution in [1.29, 1.82) is 0 Å². The number of fused-ring (bicyclic) bond motifs is 1. The number of nitrogens with one attached hydrogen (secondary N) is 1. The van der Waals surface area contributed by atoms with Crippen LogP contribution in [-0.2, 0) is 19.6 Å². The van der Waals surface area contributed by atoms with Crippen LogP contribution in [0.25, 0.3) is 0 Å². The smallest absolute Gasteiger partial charge is 0.181 e. The predicted octanol–water partition coefficient (Wildman–Crippen LogP) is 5.34. The third kappa shape index (κ3) is 9.07. The average molecular weight is 665 g/mol. The molecule has 2 aromatic heterocycles. The summed E-state index contributed by atoms with van der Waals surface area (Å²) in [4.78, 5) is 29.6. The topological polar surface area (TPSA) is 107 Å². The third-order valence-corrected chi connectivity index (χ3v) is 9.80. The van der Waals surface area contributed by atoms with Crippen LogP contribution in [0.2, 0.25) is 0 Å². The number of Topliss-reactive ketones (excluding diaryl/α,β-unsaturated/α-hetero) is 1. The van der Waals surface area contributed by atoms with E-state index >= 15 is 0 Å². The lowest BCUT2D eigenvalue weighted by atomic mass is 9.93. The summed E-state index contributed by atoms with van der Waals surface area (Å²) < 4.78 is 11.3. The largest absolute Gasteiger partial charge is 0.486 e. The van der Waals surface area contributed by atoms with E-state index in [0.717, 1.165) is 87.4 Å². The van der Waals surface area contributed by atoms with Gasteiger partial charge in [0, 0.05) is 69.4 Å². The monoisotopic (exact) mass is 664 g/mol. The first-order valence-electron chi connectivity index (χ1n) is 17.0. The standard InChI is InChI=1S/C36H50N6O4.H2S/c1-25-33(46-24-37-25)23-45-31-10-8-27-21-40(13-12-26(27)18-31)22-30(43)9-11-32(44)28-19-34(38-29-6-5-7-29)39-35(20-28)41-14-16-42(17-15-41)36(2,3)4;/h8,10,18-20,24,29-30,43H,5-7,9,11-17,21-23H2,1-4H3,(H,38,39);1H2/t30-;/m0./s1. The molecule has 11 heteroatoms. The zero-order chi connectivity index (χ0) is 32.3. The summed E-state index contributed by atoms with van der Waals surface area (Å²) in [5.41, 5.74) is 4.18. The molecule has 0 amide bonds. The van der Waals surface area contributed by atoms with Gasteiger partial charge in [-0.15, -0.1) is 0 Å². The molecule has 0 spiro atoms. The Morgan fingerprint density at radius 1 is 1.11 bits per heavy atom. The van der Waals surface area contributed by atoms with Crippen molar-refractivity contribution >= 4 is 30.9 Å². The van der Waals surface area contributed by atoms with Crippen LogP contribution in [0, 0.1) is 6.92 Å². The number of piperazine rings is 1. The van der Waals surface area contributed by atoms with Gasteiger partial charge in [-0.1, -0.05) is 6.07 Å². The summed E-state index contributed by atoms with van der Waals surface area (Å²) in [5, 5.41) is 14.5. The summed E-state index contributed by atoms with van der Waals surface area (Å²) in [5.74, 6) is 3.28. The molecule has 6 rings (SSSR count). The molecule has 4 heterocycles. The van der Waals surface area contributed by atoms with E-state index in [-0.39, 0.29) is 24.8 Å². The van der Waals surface area contributed by atoms with Crippen LogP contribution in [-0.4, -0.2) is 87.6 Å². The minimum atomic E-state index is -0.572. The van der Waals surface area contributed by atoms with E-state index in [4.69, 9.17) is 14.1 Å². The zero-order valence-electron chi connectivity index (χ0n) is 28.4. The van der Waals surface area contributed by atoms with Crippen molar-refractivity contribution in [2.45, 2.75) is 97.1 Å². The number of oxazole rings is 1. The maximum absolute atomic E-state index is 13.5. The van der Waals surface area contributed by atoms with Gasteiger partial charge in [-0.25, -0.2) is 9.97 Å². The molecule has 1 aromatic carbocycles. The predicted molar refractivity (Wildman–Crippen MR) is 190 cm³/mol. The van der Waals surface area contributed by atoms with E-state index in [1.54, 1.807) is 0 Å². The van der Waals surface area contributed by atoms with E-state index in [1.807, 2.05) is 25.1 Å². The number of β-amino-alcohol motifs (C(OH)–C–C–N with tert-alkyl or cyclic N) is 1. The second kappa shape index (κ2) is 15.4. The molecule has 1 saturated carbocycles. The van der Waals surface area contributed by atoms with Gasteiger partial charge < -0.3 is 24.5 Å². The second-order valence-electron chi connectivity index (χ2n) is 14.2. The zero-order valence-corrected chi connectivity index (χ0v) is 29.4. The number of anilines is 2. The van der Waals surface area contributed by atoms with Gasteiger partial charge in [-0.2, -0.15) is 13.5 Å². The number of nitrogens with zero attached hydrogens (tertiary/aromatic N) is 5. The number of aryl methyl sites for hydroxylation is 1. The number of rotatable bonds is 12. The van der Waals surface area contributed by atoms with E-state index < -0.39 is 6.10 Å². The van der Waals surface area contributed by atoms with Crippen LogP contribution in [0.15, 0.2) is 41.1 Å². The molecule has 1 atom stereocenters. The van der Waals surface area contributed by atoms with E-state index in [9.17, 15) is 9.90 Å². The van der Waals surface area contributed by atoms with Gasteiger partial charge in [0.2, 0.25) is 0 Å². The van der Waals surface area contributed by atoms with Crippen molar-refractivity contribution in [3.8, 4) is 5.75 Å². The number of carbonyl (C=O) groups is 1. The summed E-state index contributed by atoms with van der Waals surface area (Å²) in [6.07, 6.45) is 6.02. The fraction of sp³-hybridized carbons (Fsp3) is 0.583. The molecule has 3 aliphatic rings. The first-order valence-corrected chi connectivity index (χ1v) is 17.0. The molecular weight excluding hydrogens is 613 g/mol. The first-order chi connectivity index (χ1) is 22.1. The van der Waals surface area contributed by atoms with Crippen LogP contribution in [0.5, 0.6) is 5.75 Å². The summed E-state index contributed by atoms with van der Waals surface area (Å²) in [6, 6.07) is 10.5. The quantitative estimate of drug-likeness (QED) is 0.247. The third-order valence-electron chi connectivity index (χ3n) is 9.80. The number of ether oxygens (including phenoxy) is 1.